The van der Waals surface area contributed by atoms with E-state index < -0.39 is 0 Å². The second-order valence-electron chi connectivity index (χ2n) is 3.90. The number of aromatic nitrogens is 1. The molecule has 0 aliphatic heterocycles. The summed E-state index contributed by atoms with van der Waals surface area (Å²) in [5, 5.41) is 0.909. The first kappa shape index (κ1) is 11.7. The Balaban J connectivity index is 2.41. The highest BCUT2D eigenvalue weighted by molar-refractivity contribution is 6.08. The molecule has 0 aliphatic carbocycles. The molecule has 2 aromatic rings. The number of carbonyl (C=O) groups excluding carboxylic acids is 1. The summed E-state index contributed by atoms with van der Waals surface area (Å²) in [6.45, 7) is 0.540. The van der Waals surface area contributed by atoms with Gasteiger partial charge < -0.3 is 15.5 Å². The molecule has 17 heavy (non-hydrogen) atoms. The third-order valence-electron chi connectivity index (χ3n) is 2.81. The molecule has 1 aromatic carbocycles. The SMILES string of the molecule is COc1ccc(C(=O)CCCN)c2cc[nH]c12. The molecule has 0 bridgehead atoms. The number of rotatable bonds is 5. The van der Waals surface area contributed by atoms with Gasteiger partial charge in [0.2, 0.25) is 0 Å². The molecule has 0 unspecified atom stereocenters. The quantitative estimate of drug-likeness (QED) is 0.776. The predicted molar refractivity (Wildman–Crippen MR) is 67.5 cm³/mol. The van der Waals surface area contributed by atoms with Crippen LogP contribution in [0.5, 0.6) is 5.75 Å². The molecule has 0 atom stereocenters. The van der Waals surface area contributed by atoms with Crippen LogP contribution in [0.25, 0.3) is 10.9 Å². The molecule has 4 nitrogen and oxygen atoms in total. The molecule has 0 amide bonds. The number of H-pyrrole nitrogens is 1. The first-order chi connectivity index (χ1) is 8.27. The van der Waals surface area contributed by atoms with Crippen molar-refractivity contribution in [3.8, 4) is 5.75 Å². The van der Waals surface area contributed by atoms with Crippen molar-refractivity contribution < 1.29 is 9.53 Å². The lowest BCUT2D eigenvalue weighted by Crippen LogP contribution is -2.05. The van der Waals surface area contributed by atoms with Gasteiger partial charge in [-0.3, -0.25) is 4.79 Å². The summed E-state index contributed by atoms with van der Waals surface area (Å²) in [7, 11) is 1.62. The van der Waals surface area contributed by atoms with Gasteiger partial charge in [-0.2, -0.15) is 0 Å². The van der Waals surface area contributed by atoms with E-state index in [2.05, 4.69) is 4.98 Å². The monoisotopic (exact) mass is 232 g/mol. The molecule has 3 N–H and O–H groups in total. The second-order valence-corrected chi connectivity index (χ2v) is 3.90. The molecule has 0 radical (unpaired) electrons. The number of ether oxygens (including phenoxy) is 1. The zero-order valence-electron chi connectivity index (χ0n) is 9.82. The normalized spacial score (nSPS) is 10.7. The molecule has 4 heteroatoms. The number of fused-ring (bicyclic) bond motifs is 1. The van der Waals surface area contributed by atoms with Gasteiger partial charge in [0.05, 0.1) is 12.6 Å². The summed E-state index contributed by atoms with van der Waals surface area (Å²) in [4.78, 5) is 15.1. The van der Waals surface area contributed by atoms with Gasteiger partial charge in [-0.15, -0.1) is 0 Å². The van der Waals surface area contributed by atoms with E-state index in [1.807, 2.05) is 24.4 Å². The van der Waals surface area contributed by atoms with Crippen LogP contribution in [0.4, 0.5) is 0 Å². The minimum Gasteiger partial charge on any atom is -0.495 e. The number of Topliss-reactive ketones (excluding diaryl/α,β-unsaturated/α-hetero) is 1. The zero-order chi connectivity index (χ0) is 12.3. The van der Waals surface area contributed by atoms with Crippen LogP contribution in [0, 0.1) is 0 Å². The number of nitrogens with two attached hydrogens (primary N) is 1. The van der Waals surface area contributed by atoms with E-state index in [0.29, 0.717) is 13.0 Å². The van der Waals surface area contributed by atoms with E-state index in [1.54, 1.807) is 7.11 Å². The molecule has 0 saturated carbocycles. The number of carbonyl (C=O) groups is 1. The Morgan fingerprint density at radius 2 is 2.24 bits per heavy atom. The fourth-order valence-corrected chi connectivity index (χ4v) is 1.94. The van der Waals surface area contributed by atoms with E-state index in [1.165, 1.54) is 0 Å². The summed E-state index contributed by atoms with van der Waals surface area (Å²) in [6, 6.07) is 5.52. The minimum absolute atomic E-state index is 0.128. The van der Waals surface area contributed by atoms with Crippen molar-refractivity contribution in [2.45, 2.75) is 12.8 Å². The number of hydrogen-bond acceptors (Lipinski definition) is 3. The maximum absolute atomic E-state index is 12.0. The second kappa shape index (κ2) is 5.01. The molecular weight excluding hydrogens is 216 g/mol. The molecule has 2 rings (SSSR count). The predicted octanol–water partition coefficient (Wildman–Crippen LogP) is 2.10. The Bertz CT molecular complexity index is 531. The third-order valence-corrected chi connectivity index (χ3v) is 2.81. The third kappa shape index (κ3) is 2.17. The largest absolute Gasteiger partial charge is 0.495 e. The highest BCUT2D eigenvalue weighted by Crippen LogP contribution is 2.28. The highest BCUT2D eigenvalue weighted by atomic mass is 16.5. The van der Waals surface area contributed by atoms with Crippen LogP contribution in [0.1, 0.15) is 23.2 Å². The van der Waals surface area contributed by atoms with E-state index in [0.717, 1.165) is 28.6 Å². The van der Waals surface area contributed by atoms with Crippen LogP contribution < -0.4 is 10.5 Å². The van der Waals surface area contributed by atoms with Crippen LogP contribution in [0.3, 0.4) is 0 Å². The fraction of sp³-hybridized carbons (Fsp3) is 0.308. The topological polar surface area (TPSA) is 68.1 Å². The summed E-state index contributed by atoms with van der Waals surface area (Å²) < 4.78 is 5.24. The van der Waals surface area contributed by atoms with Gasteiger partial charge in [0, 0.05) is 23.6 Å². The number of hydrogen-bond donors (Lipinski definition) is 2. The van der Waals surface area contributed by atoms with Gasteiger partial charge in [-0.25, -0.2) is 0 Å². The maximum atomic E-state index is 12.0. The van der Waals surface area contributed by atoms with Crippen LogP contribution in [0.15, 0.2) is 24.4 Å². The number of nitrogens with one attached hydrogen (secondary N) is 1. The summed E-state index contributed by atoms with van der Waals surface area (Å²) in [6.07, 6.45) is 3.02. The minimum atomic E-state index is 0.128. The smallest absolute Gasteiger partial charge is 0.163 e. The van der Waals surface area contributed by atoms with Crippen molar-refractivity contribution in [2.24, 2.45) is 5.73 Å². The lowest BCUT2D eigenvalue weighted by molar-refractivity contribution is 0.0982. The molecule has 0 fully saturated rings. The van der Waals surface area contributed by atoms with Crippen molar-refractivity contribution in [3.05, 3.63) is 30.0 Å². The first-order valence-corrected chi connectivity index (χ1v) is 5.65. The summed E-state index contributed by atoms with van der Waals surface area (Å²) in [5.41, 5.74) is 7.01. The van der Waals surface area contributed by atoms with Crippen molar-refractivity contribution in [3.63, 3.8) is 0 Å². The Morgan fingerprint density at radius 1 is 1.41 bits per heavy atom. The molecule has 0 saturated heterocycles. The number of aromatic amines is 1. The Hall–Kier alpha value is -1.81. The highest BCUT2D eigenvalue weighted by Gasteiger charge is 2.12. The molecular formula is C13H16N2O2. The lowest BCUT2D eigenvalue weighted by atomic mass is 10.0. The number of methoxy groups -OCH3 is 1. The Morgan fingerprint density at radius 3 is 2.94 bits per heavy atom. The standard InChI is InChI=1S/C13H16N2O2/c1-17-12-5-4-9(11(16)3-2-7-14)10-6-8-15-13(10)12/h4-6,8,15H,2-3,7,14H2,1H3. The fourth-order valence-electron chi connectivity index (χ4n) is 1.94. The van der Waals surface area contributed by atoms with Gasteiger partial charge in [-0.1, -0.05) is 0 Å². The Kier molecular flexibility index (Phi) is 3.44. The lowest BCUT2D eigenvalue weighted by Gasteiger charge is -2.06. The maximum Gasteiger partial charge on any atom is 0.163 e. The number of ketones is 1. The van der Waals surface area contributed by atoms with Crippen molar-refractivity contribution >= 4 is 16.7 Å². The van der Waals surface area contributed by atoms with Crippen LogP contribution in [0.2, 0.25) is 0 Å². The number of benzene rings is 1. The van der Waals surface area contributed by atoms with Gasteiger partial charge >= 0.3 is 0 Å². The van der Waals surface area contributed by atoms with Crippen LogP contribution in [-0.2, 0) is 0 Å². The van der Waals surface area contributed by atoms with E-state index in [9.17, 15) is 4.79 Å². The van der Waals surface area contributed by atoms with Crippen LogP contribution >= 0.6 is 0 Å². The molecule has 1 heterocycles. The Labute approximate surface area is 99.8 Å². The molecule has 0 aliphatic rings. The average Bonchev–Trinajstić information content (AvgIpc) is 2.83. The van der Waals surface area contributed by atoms with Crippen molar-refractivity contribution in [2.75, 3.05) is 13.7 Å². The van der Waals surface area contributed by atoms with Crippen molar-refractivity contribution in [1.82, 2.24) is 4.98 Å². The average molecular weight is 232 g/mol. The summed E-state index contributed by atoms with van der Waals surface area (Å²) >= 11 is 0. The van der Waals surface area contributed by atoms with E-state index in [-0.39, 0.29) is 5.78 Å². The van der Waals surface area contributed by atoms with Gasteiger partial charge in [0.1, 0.15) is 5.75 Å². The molecule has 90 valence electrons. The van der Waals surface area contributed by atoms with E-state index >= 15 is 0 Å². The van der Waals surface area contributed by atoms with Crippen LogP contribution in [-0.4, -0.2) is 24.4 Å². The van der Waals surface area contributed by atoms with Gasteiger partial charge in [-0.05, 0) is 31.2 Å². The van der Waals surface area contributed by atoms with E-state index in [4.69, 9.17) is 10.5 Å². The zero-order valence-corrected chi connectivity index (χ0v) is 9.82. The molecule has 1 aromatic heterocycles. The van der Waals surface area contributed by atoms with Crippen molar-refractivity contribution in [1.29, 1.82) is 0 Å². The van der Waals surface area contributed by atoms with Gasteiger partial charge in [0.25, 0.3) is 0 Å². The summed E-state index contributed by atoms with van der Waals surface area (Å²) in [5.74, 6) is 0.878. The molecule has 0 spiro atoms. The van der Waals surface area contributed by atoms with Gasteiger partial charge in [0.15, 0.2) is 5.78 Å². The first-order valence-electron chi connectivity index (χ1n) is 5.65.